The van der Waals surface area contributed by atoms with Crippen LogP contribution in [0.2, 0.25) is 0 Å². The maximum Gasteiger partial charge on any atom is 0.277 e. The van der Waals surface area contributed by atoms with Gasteiger partial charge in [0, 0.05) is 17.6 Å². The lowest BCUT2D eigenvalue weighted by atomic mass is 10.1. The van der Waals surface area contributed by atoms with Gasteiger partial charge in [0.05, 0.1) is 16.5 Å². The van der Waals surface area contributed by atoms with Crippen molar-refractivity contribution in [3.8, 4) is 0 Å². The summed E-state index contributed by atoms with van der Waals surface area (Å²) in [5.74, 6) is 0. The van der Waals surface area contributed by atoms with Crippen molar-refractivity contribution in [2.75, 3.05) is 0 Å². The highest BCUT2D eigenvalue weighted by molar-refractivity contribution is 5.89. The number of nitrogens with zero attached hydrogens (tertiary/aromatic N) is 2. The van der Waals surface area contributed by atoms with Crippen molar-refractivity contribution in [1.82, 2.24) is 4.98 Å². The molecular formula is C9H5N2O2. The van der Waals surface area contributed by atoms with Gasteiger partial charge in [-0.3, -0.25) is 15.1 Å². The summed E-state index contributed by atoms with van der Waals surface area (Å²) in [6.45, 7) is 0. The molecule has 2 rings (SSSR count). The average molecular weight is 173 g/mol. The number of hydrogen-bond donors (Lipinski definition) is 0. The fourth-order valence-corrected chi connectivity index (χ4v) is 1.21. The predicted molar refractivity (Wildman–Crippen MR) is 47.2 cm³/mol. The standard InChI is InChI=1S/C9H5N2O2/c12-11(13)9-3-1-2-7-6-10-5-4-8(7)9/h1-4,6H. The van der Waals surface area contributed by atoms with Gasteiger partial charge in [0.2, 0.25) is 0 Å². The number of benzene rings is 1. The highest BCUT2D eigenvalue weighted by atomic mass is 16.6. The molecule has 0 saturated heterocycles. The largest absolute Gasteiger partial charge is 0.277 e. The second-order valence-electron chi connectivity index (χ2n) is 2.57. The molecule has 1 aromatic heterocycles. The topological polar surface area (TPSA) is 56.0 Å². The molecule has 0 bridgehead atoms. The zero-order valence-electron chi connectivity index (χ0n) is 6.60. The zero-order chi connectivity index (χ0) is 9.26. The Balaban J connectivity index is 2.83. The summed E-state index contributed by atoms with van der Waals surface area (Å²) in [5.41, 5.74) is 0.0937. The van der Waals surface area contributed by atoms with E-state index in [1.165, 1.54) is 12.1 Å². The number of hydrogen-bond acceptors (Lipinski definition) is 3. The lowest BCUT2D eigenvalue weighted by Gasteiger charge is -1.96. The molecule has 4 heteroatoms. The molecule has 0 spiro atoms. The van der Waals surface area contributed by atoms with Crippen LogP contribution in [0, 0.1) is 16.3 Å². The molecule has 0 fully saturated rings. The van der Waals surface area contributed by atoms with E-state index in [4.69, 9.17) is 0 Å². The molecular weight excluding hydrogens is 168 g/mol. The van der Waals surface area contributed by atoms with Gasteiger partial charge in [-0.2, -0.15) is 0 Å². The monoisotopic (exact) mass is 173 g/mol. The highest BCUT2D eigenvalue weighted by Gasteiger charge is 2.09. The Bertz CT molecular complexity index is 463. The molecule has 63 valence electrons. The molecule has 1 heterocycles. The van der Waals surface area contributed by atoms with Crippen molar-refractivity contribution < 1.29 is 4.92 Å². The first-order chi connectivity index (χ1) is 6.29. The average Bonchev–Trinajstić information content (AvgIpc) is 2.17. The summed E-state index contributed by atoms with van der Waals surface area (Å²) in [4.78, 5) is 13.9. The first kappa shape index (κ1) is 7.67. The number of fused-ring (bicyclic) bond motifs is 1. The molecule has 0 amide bonds. The maximum atomic E-state index is 10.6. The first-order valence-corrected chi connectivity index (χ1v) is 3.68. The van der Waals surface area contributed by atoms with Gasteiger partial charge < -0.3 is 0 Å². The minimum absolute atomic E-state index is 0.0937. The van der Waals surface area contributed by atoms with E-state index in [1.54, 1.807) is 18.3 Å². The van der Waals surface area contributed by atoms with Gasteiger partial charge in [0.15, 0.2) is 0 Å². The second kappa shape index (κ2) is 2.82. The highest BCUT2D eigenvalue weighted by Crippen LogP contribution is 2.23. The van der Waals surface area contributed by atoms with Crippen molar-refractivity contribution in [2.24, 2.45) is 0 Å². The number of nitro benzene ring substituents is 1. The Morgan fingerprint density at radius 1 is 1.46 bits per heavy atom. The Kier molecular flexibility index (Phi) is 1.66. The molecule has 0 aliphatic heterocycles. The van der Waals surface area contributed by atoms with Crippen molar-refractivity contribution in [3.63, 3.8) is 0 Å². The molecule has 0 saturated carbocycles. The van der Waals surface area contributed by atoms with Crippen molar-refractivity contribution in [1.29, 1.82) is 0 Å². The SMILES string of the molecule is O=[N+]([O-])c1cccc2cn[c]cc12. The van der Waals surface area contributed by atoms with Crippen LogP contribution in [0.25, 0.3) is 10.8 Å². The summed E-state index contributed by atoms with van der Waals surface area (Å²) < 4.78 is 0. The molecule has 0 aliphatic carbocycles. The molecule has 1 aromatic carbocycles. The van der Waals surface area contributed by atoms with E-state index in [0.29, 0.717) is 5.39 Å². The van der Waals surface area contributed by atoms with E-state index < -0.39 is 4.92 Å². The van der Waals surface area contributed by atoms with Gasteiger partial charge in [-0.25, -0.2) is 0 Å². The number of pyridine rings is 1. The van der Waals surface area contributed by atoms with Gasteiger partial charge >= 0.3 is 0 Å². The van der Waals surface area contributed by atoms with Gasteiger partial charge in [0.25, 0.3) is 5.69 Å². The van der Waals surface area contributed by atoms with Crippen LogP contribution in [-0.2, 0) is 0 Å². The zero-order valence-corrected chi connectivity index (χ0v) is 6.60. The van der Waals surface area contributed by atoms with Crippen LogP contribution < -0.4 is 0 Å². The van der Waals surface area contributed by atoms with E-state index in [1.807, 2.05) is 0 Å². The van der Waals surface area contributed by atoms with E-state index >= 15 is 0 Å². The molecule has 0 aliphatic rings. The van der Waals surface area contributed by atoms with Crippen LogP contribution in [0.5, 0.6) is 0 Å². The predicted octanol–water partition coefficient (Wildman–Crippen LogP) is 1.94. The van der Waals surface area contributed by atoms with Gasteiger partial charge in [-0.05, 0) is 6.07 Å². The first-order valence-electron chi connectivity index (χ1n) is 3.68. The number of nitro groups is 1. The smallest absolute Gasteiger partial charge is 0.258 e. The van der Waals surface area contributed by atoms with Crippen LogP contribution in [0.1, 0.15) is 0 Å². The van der Waals surface area contributed by atoms with Gasteiger partial charge in [-0.1, -0.05) is 12.1 Å². The summed E-state index contributed by atoms with van der Waals surface area (Å²) in [5, 5.41) is 11.9. The Labute approximate surface area is 74.0 Å². The number of aromatic nitrogens is 1. The fourth-order valence-electron chi connectivity index (χ4n) is 1.21. The molecule has 0 atom stereocenters. The summed E-state index contributed by atoms with van der Waals surface area (Å²) in [6.07, 6.45) is 4.13. The van der Waals surface area contributed by atoms with Gasteiger partial charge in [-0.15, -0.1) is 0 Å². The Morgan fingerprint density at radius 2 is 2.31 bits per heavy atom. The minimum atomic E-state index is -0.407. The van der Waals surface area contributed by atoms with Crippen molar-refractivity contribution in [3.05, 3.63) is 46.8 Å². The van der Waals surface area contributed by atoms with Crippen LogP contribution in [0.3, 0.4) is 0 Å². The number of rotatable bonds is 1. The third-order valence-electron chi connectivity index (χ3n) is 1.80. The second-order valence-corrected chi connectivity index (χ2v) is 2.57. The van der Waals surface area contributed by atoms with E-state index in [0.717, 1.165) is 5.39 Å². The van der Waals surface area contributed by atoms with Crippen molar-refractivity contribution in [2.45, 2.75) is 0 Å². The molecule has 13 heavy (non-hydrogen) atoms. The molecule has 2 aromatic rings. The third-order valence-corrected chi connectivity index (χ3v) is 1.80. The lowest BCUT2D eigenvalue weighted by Crippen LogP contribution is -1.89. The van der Waals surface area contributed by atoms with Crippen molar-refractivity contribution >= 4 is 16.5 Å². The maximum absolute atomic E-state index is 10.6. The van der Waals surface area contributed by atoms with Gasteiger partial charge in [0.1, 0.15) is 0 Å². The normalized spacial score (nSPS) is 10.2. The molecule has 1 radical (unpaired) electrons. The van der Waals surface area contributed by atoms with E-state index in [-0.39, 0.29) is 5.69 Å². The van der Waals surface area contributed by atoms with Crippen LogP contribution in [0.4, 0.5) is 5.69 Å². The third kappa shape index (κ3) is 1.22. The van der Waals surface area contributed by atoms with E-state index in [2.05, 4.69) is 11.2 Å². The van der Waals surface area contributed by atoms with Crippen LogP contribution in [-0.4, -0.2) is 9.91 Å². The van der Waals surface area contributed by atoms with Crippen LogP contribution >= 0.6 is 0 Å². The number of non-ortho nitro benzene ring substituents is 1. The molecule has 0 N–H and O–H groups in total. The minimum Gasteiger partial charge on any atom is -0.258 e. The Morgan fingerprint density at radius 3 is 3.08 bits per heavy atom. The quantitative estimate of drug-likeness (QED) is 0.489. The summed E-state index contributed by atoms with van der Waals surface area (Å²) in [6, 6.07) is 6.41. The van der Waals surface area contributed by atoms with Crippen LogP contribution in [0.15, 0.2) is 30.5 Å². The summed E-state index contributed by atoms with van der Waals surface area (Å²) in [7, 11) is 0. The fraction of sp³-hybridized carbons (Fsp3) is 0. The van der Waals surface area contributed by atoms with E-state index in [9.17, 15) is 10.1 Å². The summed E-state index contributed by atoms with van der Waals surface area (Å²) >= 11 is 0. The lowest BCUT2D eigenvalue weighted by molar-refractivity contribution is -0.383. The molecule has 0 unspecified atom stereocenters. The molecule has 4 nitrogen and oxygen atoms in total. The Hall–Kier alpha value is -1.97.